The molecule has 6 nitrogen and oxygen atoms in total. The minimum Gasteiger partial charge on any atom is -0.462 e. The molecule has 0 spiro atoms. The second-order valence-corrected chi connectivity index (χ2v) is 3.00. The molecule has 14 heavy (non-hydrogen) atoms. The first-order valence-corrected chi connectivity index (χ1v) is 4.56. The van der Waals surface area contributed by atoms with Crippen LogP contribution in [0.15, 0.2) is 15.3 Å². The predicted octanol–water partition coefficient (Wildman–Crippen LogP) is 0.980. The summed E-state index contributed by atoms with van der Waals surface area (Å²) in [4.78, 5) is 14.9. The van der Waals surface area contributed by atoms with E-state index in [2.05, 4.69) is 19.9 Å². The number of carbonyl (C=O) groups is 1. The number of nitrogens with zero attached hydrogens (tertiary/aromatic N) is 3. The molecule has 0 saturated heterocycles. The minimum atomic E-state index is -0.654. The van der Waals surface area contributed by atoms with Gasteiger partial charge in [-0.2, -0.15) is 0 Å². The molecule has 0 aromatic carbocycles. The van der Waals surface area contributed by atoms with Crippen LogP contribution in [0.25, 0.3) is 11.6 Å². The average molecular weight is 211 g/mol. The van der Waals surface area contributed by atoms with Gasteiger partial charge in [0.15, 0.2) is 0 Å². The molecule has 2 heterocycles. The van der Waals surface area contributed by atoms with E-state index in [1.54, 1.807) is 10.9 Å². The van der Waals surface area contributed by atoms with Crippen molar-refractivity contribution >= 4 is 17.3 Å². The van der Waals surface area contributed by atoms with Gasteiger partial charge >= 0.3 is 11.9 Å². The fraction of sp³-hybridized carbons (Fsp3) is 0.143. The van der Waals surface area contributed by atoms with E-state index in [9.17, 15) is 4.79 Å². The number of rotatable bonds is 2. The number of hydrogen-bond acceptors (Lipinski definition) is 7. The molecule has 2 rings (SSSR count). The van der Waals surface area contributed by atoms with E-state index < -0.39 is 5.97 Å². The lowest BCUT2D eigenvalue weighted by atomic mass is 10.5. The molecule has 0 atom stereocenters. The van der Waals surface area contributed by atoms with E-state index in [4.69, 9.17) is 4.42 Å². The molecule has 7 heteroatoms. The fourth-order valence-corrected chi connectivity index (χ4v) is 1.34. The van der Waals surface area contributed by atoms with Crippen LogP contribution in [0.1, 0.15) is 10.7 Å². The summed E-state index contributed by atoms with van der Waals surface area (Å²) in [5, 5.41) is 8.92. The molecule has 0 N–H and O–H groups in total. The molecule has 0 aliphatic carbocycles. The van der Waals surface area contributed by atoms with Crippen molar-refractivity contribution in [2.75, 3.05) is 7.11 Å². The van der Waals surface area contributed by atoms with Crippen LogP contribution < -0.4 is 0 Å². The summed E-state index contributed by atoms with van der Waals surface area (Å²) in [6, 6.07) is 0. The van der Waals surface area contributed by atoms with Gasteiger partial charge in [0.1, 0.15) is 5.69 Å². The Kier molecular flexibility index (Phi) is 2.23. The zero-order valence-electron chi connectivity index (χ0n) is 7.13. The molecule has 0 unspecified atom stereocenters. The van der Waals surface area contributed by atoms with Gasteiger partial charge in [0, 0.05) is 5.38 Å². The van der Waals surface area contributed by atoms with Gasteiger partial charge in [0.05, 0.1) is 12.6 Å². The van der Waals surface area contributed by atoms with Crippen molar-refractivity contribution in [3.05, 3.63) is 16.8 Å². The van der Waals surface area contributed by atoms with Gasteiger partial charge in [-0.15, -0.1) is 21.5 Å². The van der Waals surface area contributed by atoms with Crippen molar-refractivity contribution in [1.82, 2.24) is 15.2 Å². The predicted molar refractivity (Wildman–Crippen MR) is 46.7 cm³/mol. The summed E-state index contributed by atoms with van der Waals surface area (Å²) in [6.07, 6.45) is 0. The smallest absolute Gasteiger partial charge is 0.396 e. The highest BCUT2D eigenvalue weighted by Crippen LogP contribution is 2.17. The fourth-order valence-electron chi connectivity index (χ4n) is 0.815. The SMILES string of the molecule is COC(=O)c1nnc(-c2cscn2)o1. The summed E-state index contributed by atoms with van der Waals surface area (Å²) in [5.41, 5.74) is 2.19. The van der Waals surface area contributed by atoms with Gasteiger partial charge in [-0.25, -0.2) is 9.78 Å². The monoisotopic (exact) mass is 211 g/mol. The third-order valence-corrected chi connectivity index (χ3v) is 2.02. The molecule has 2 aromatic rings. The number of thiazole rings is 1. The summed E-state index contributed by atoms with van der Waals surface area (Å²) < 4.78 is 9.44. The van der Waals surface area contributed by atoms with E-state index in [1.165, 1.54) is 18.4 Å². The van der Waals surface area contributed by atoms with Gasteiger partial charge in [-0.1, -0.05) is 0 Å². The van der Waals surface area contributed by atoms with E-state index in [-0.39, 0.29) is 11.8 Å². The summed E-state index contributed by atoms with van der Waals surface area (Å²) in [5.74, 6) is -0.610. The van der Waals surface area contributed by atoms with Crippen LogP contribution in [-0.4, -0.2) is 28.3 Å². The van der Waals surface area contributed by atoms with E-state index in [0.717, 1.165) is 0 Å². The van der Waals surface area contributed by atoms with Crippen molar-refractivity contribution in [3.63, 3.8) is 0 Å². The maximum absolute atomic E-state index is 11.0. The topological polar surface area (TPSA) is 78.1 Å². The highest BCUT2D eigenvalue weighted by Gasteiger charge is 2.16. The highest BCUT2D eigenvalue weighted by molar-refractivity contribution is 7.07. The van der Waals surface area contributed by atoms with Gasteiger partial charge in [0.2, 0.25) is 0 Å². The minimum absolute atomic E-state index is 0.171. The number of hydrogen-bond donors (Lipinski definition) is 0. The second kappa shape index (κ2) is 3.54. The van der Waals surface area contributed by atoms with Crippen molar-refractivity contribution < 1.29 is 13.9 Å². The molecule has 2 aromatic heterocycles. The van der Waals surface area contributed by atoms with E-state index in [1.807, 2.05) is 0 Å². The van der Waals surface area contributed by atoms with Crippen LogP contribution in [0.2, 0.25) is 0 Å². The Morgan fingerprint density at radius 2 is 2.43 bits per heavy atom. The van der Waals surface area contributed by atoms with Crippen LogP contribution in [0.5, 0.6) is 0 Å². The lowest BCUT2D eigenvalue weighted by molar-refractivity contribution is 0.0556. The third-order valence-electron chi connectivity index (χ3n) is 1.44. The molecule has 0 amide bonds. The zero-order chi connectivity index (χ0) is 9.97. The highest BCUT2D eigenvalue weighted by atomic mass is 32.1. The van der Waals surface area contributed by atoms with Crippen LogP contribution in [0.4, 0.5) is 0 Å². The van der Waals surface area contributed by atoms with Gasteiger partial charge in [0.25, 0.3) is 5.89 Å². The number of ether oxygens (including phenoxy) is 1. The first-order valence-electron chi connectivity index (χ1n) is 3.61. The summed E-state index contributed by atoms with van der Waals surface area (Å²) in [6.45, 7) is 0. The quantitative estimate of drug-likeness (QED) is 0.689. The average Bonchev–Trinajstić information content (AvgIpc) is 2.86. The van der Waals surface area contributed by atoms with Crippen LogP contribution in [0, 0.1) is 0 Å². The lowest BCUT2D eigenvalue weighted by Crippen LogP contribution is -2.00. The molecule has 0 aliphatic heterocycles. The van der Waals surface area contributed by atoms with Crippen molar-refractivity contribution in [2.45, 2.75) is 0 Å². The van der Waals surface area contributed by atoms with E-state index in [0.29, 0.717) is 5.69 Å². The Hall–Kier alpha value is -1.76. The number of aromatic nitrogens is 3. The Morgan fingerprint density at radius 3 is 3.07 bits per heavy atom. The molecular weight excluding hydrogens is 206 g/mol. The first-order chi connectivity index (χ1) is 6.81. The zero-order valence-corrected chi connectivity index (χ0v) is 7.95. The molecule has 0 bridgehead atoms. The van der Waals surface area contributed by atoms with Crippen LogP contribution >= 0.6 is 11.3 Å². The molecule has 0 radical (unpaired) electrons. The first kappa shape index (κ1) is 8.82. The van der Waals surface area contributed by atoms with Crippen molar-refractivity contribution in [3.8, 4) is 11.6 Å². The maximum atomic E-state index is 11.0. The summed E-state index contributed by atoms with van der Waals surface area (Å²) in [7, 11) is 1.25. The van der Waals surface area contributed by atoms with Crippen molar-refractivity contribution in [2.24, 2.45) is 0 Å². The summed E-state index contributed by atoms with van der Waals surface area (Å²) >= 11 is 1.40. The Balaban J connectivity index is 2.31. The standard InChI is InChI=1S/C7H5N3O3S/c1-12-7(11)6-10-9-5(13-6)4-2-14-3-8-4/h2-3H,1H3. The molecular formula is C7H5N3O3S. The molecule has 0 saturated carbocycles. The van der Waals surface area contributed by atoms with E-state index >= 15 is 0 Å². The number of esters is 1. The van der Waals surface area contributed by atoms with Crippen molar-refractivity contribution in [1.29, 1.82) is 0 Å². The van der Waals surface area contributed by atoms with Crippen LogP contribution in [0.3, 0.4) is 0 Å². The second-order valence-electron chi connectivity index (χ2n) is 2.28. The molecule has 72 valence electrons. The normalized spacial score (nSPS) is 10.1. The largest absolute Gasteiger partial charge is 0.462 e. The number of methoxy groups -OCH3 is 1. The van der Waals surface area contributed by atoms with Gasteiger partial charge in [-0.3, -0.25) is 0 Å². The maximum Gasteiger partial charge on any atom is 0.396 e. The van der Waals surface area contributed by atoms with Crippen LogP contribution in [-0.2, 0) is 4.74 Å². The lowest BCUT2D eigenvalue weighted by Gasteiger charge is -1.88. The number of carbonyl (C=O) groups excluding carboxylic acids is 1. The van der Waals surface area contributed by atoms with Gasteiger partial charge in [-0.05, 0) is 0 Å². The molecule has 0 fully saturated rings. The molecule has 0 aliphatic rings. The van der Waals surface area contributed by atoms with Gasteiger partial charge < -0.3 is 9.15 Å². The Morgan fingerprint density at radius 1 is 1.57 bits per heavy atom. The Labute approximate surface area is 82.6 Å². The Bertz CT molecular complexity index is 437. The third kappa shape index (κ3) is 1.49.